The molecule has 5 atom stereocenters. The number of fused-ring (bicyclic) bond motifs is 1. The SMILES string of the molecule is CO[C@H]1O[C@@H](COS(=O)(=O)c2ccc(Br)cc2)[C@H]2OC(C)(C)O[C@@H]2[C@@H]1OS(=O)(=O)c1ccc(Br)cc1. The third-order valence-corrected chi connectivity index (χ3v) is 9.17. The topological polar surface area (TPSA) is 124 Å². The maximum absolute atomic E-state index is 13.0. The van der Waals surface area contributed by atoms with E-state index in [1.54, 1.807) is 38.1 Å². The average Bonchev–Trinajstić information content (AvgIpc) is 3.14. The van der Waals surface area contributed by atoms with Crippen LogP contribution < -0.4 is 0 Å². The van der Waals surface area contributed by atoms with E-state index >= 15 is 0 Å². The standard InChI is InChI=1S/C22H24Br2O10S2/c1-22(2)32-18-17(12-30-35(25,26)15-8-4-13(23)5-9-15)31-21(29-3)20(19(18)33-22)34-36(27,28)16-10-6-14(24)7-11-16/h4-11,17-21H,12H2,1-3H3/t17-,18+,19-,20-,21-/m0/s1. The van der Waals surface area contributed by atoms with Gasteiger partial charge in [-0.15, -0.1) is 0 Å². The fourth-order valence-corrected chi connectivity index (χ4v) is 6.41. The van der Waals surface area contributed by atoms with Crippen LogP contribution in [0.15, 0.2) is 67.3 Å². The summed E-state index contributed by atoms with van der Waals surface area (Å²) in [6.45, 7) is 2.86. The molecular formula is C22H24Br2O10S2. The fourth-order valence-electron chi connectivity index (χ4n) is 3.89. The third kappa shape index (κ3) is 6.20. The van der Waals surface area contributed by atoms with Crippen molar-refractivity contribution in [3.8, 4) is 0 Å². The van der Waals surface area contributed by atoms with Crippen molar-refractivity contribution in [1.29, 1.82) is 0 Å². The van der Waals surface area contributed by atoms with Crippen LogP contribution in [0.2, 0.25) is 0 Å². The molecule has 0 aromatic heterocycles. The molecule has 0 saturated carbocycles. The number of benzene rings is 2. The highest BCUT2D eigenvalue weighted by atomic mass is 79.9. The van der Waals surface area contributed by atoms with E-state index in [9.17, 15) is 16.8 Å². The van der Waals surface area contributed by atoms with Crippen LogP contribution in [0.5, 0.6) is 0 Å². The normalized spacial score (nSPS) is 28.1. The van der Waals surface area contributed by atoms with Gasteiger partial charge >= 0.3 is 0 Å². The zero-order valence-electron chi connectivity index (χ0n) is 19.4. The Morgan fingerprint density at radius 1 is 0.833 bits per heavy atom. The molecule has 0 unspecified atom stereocenters. The van der Waals surface area contributed by atoms with Crippen LogP contribution in [0.3, 0.4) is 0 Å². The highest BCUT2D eigenvalue weighted by Crippen LogP contribution is 2.40. The Morgan fingerprint density at radius 2 is 1.33 bits per heavy atom. The summed E-state index contributed by atoms with van der Waals surface area (Å²) in [7, 11) is -7.03. The van der Waals surface area contributed by atoms with Crippen LogP contribution in [0.1, 0.15) is 13.8 Å². The molecule has 4 rings (SSSR count). The van der Waals surface area contributed by atoms with Gasteiger partial charge in [0.15, 0.2) is 18.2 Å². The molecule has 0 aliphatic carbocycles. The first-order valence-electron chi connectivity index (χ1n) is 10.7. The first-order valence-corrected chi connectivity index (χ1v) is 15.1. The second-order valence-electron chi connectivity index (χ2n) is 8.50. The van der Waals surface area contributed by atoms with Gasteiger partial charge < -0.3 is 18.9 Å². The molecule has 0 radical (unpaired) electrons. The largest absolute Gasteiger partial charge is 0.353 e. The molecule has 2 heterocycles. The van der Waals surface area contributed by atoms with E-state index in [1.165, 1.54) is 31.4 Å². The maximum atomic E-state index is 13.0. The lowest BCUT2D eigenvalue weighted by Crippen LogP contribution is -2.59. The van der Waals surface area contributed by atoms with Gasteiger partial charge in [-0.2, -0.15) is 16.8 Å². The van der Waals surface area contributed by atoms with Gasteiger partial charge in [-0.3, -0.25) is 8.37 Å². The lowest BCUT2D eigenvalue weighted by Gasteiger charge is -2.40. The molecule has 2 saturated heterocycles. The molecular weight excluding hydrogens is 648 g/mol. The summed E-state index contributed by atoms with van der Waals surface area (Å²) >= 11 is 6.52. The molecule has 2 fully saturated rings. The van der Waals surface area contributed by atoms with Gasteiger partial charge in [-0.25, -0.2) is 0 Å². The van der Waals surface area contributed by atoms with Crippen LogP contribution in [-0.4, -0.2) is 67.0 Å². The van der Waals surface area contributed by atoms with Crippen LogP contribution in [0.25, 0.3) is 0 Å². The second kappa shape index (κ2) is 10.7. The van der Waals surface area contributed by atoms with Gasteiger partial charge in [0.05, 0.1) is 16.4 Å². The predicted molar refractivity (Wildman–Crippen MR) is 133 cm³/mol. The fraction of sp³-hybridized carbons (Fsp3) is 0.455. The van der Waals surface area contributed by atoms with E-state index in [0.29, 0.717) is 8.95 Å². The molecule has 0 spiro atoms. The molecule has 198 valence electrons. The maximum Gasteiger partial charge on any atom is 0.297 e. The van der Waals surface area contributed by atoms with Gasteiger partial charge in [0.25, 0.3) is 20.2 Å². The third-order valence-electron chi connectivity index (χ3n) is 5.49. The summed E-state index contributed by atoms with van der Waals surface area (Å²) in [6.07, 6.45) is -5.31. The van der Waals surface area contributed by atoms with Crippen molar-refractivity contribution in [3.05, 3.63) is 57.5 Å². The monoisotopic (exact) mass is 670 g/mol. The molecule has 0 bridgehead atoms. The number of halogens is 2. The zero-order valence-corrected chi connectivity index (χ0v) is 24.2. The van der Waals surface area contributed by atoms with Crippen molar-refractivity contribution in [2.45, 2.75) is 60.1 Å². The Balaban J connectivity index is 1.56. The Morgan fingerprint density at radius 3 is 1.86 bits per heavy atom. The summed E-state index contributed by atoms with van der Waals surface area (Å²) in [5.41, 5.74) is 0. The van der Waals surface area contributed by atoms with Gasteiger partial charge in [-0.05, 0) is 62.4 Å². The van der Waals surface area contributed by atoms with Gasteiger partial charge in [-0.1, -0.05) is 31.9 Å². The van der Waals surface area contributed by atoms with Crippen molar-refractivity contribution in [1.82, 2.24) is 0 Å². The Labute approximate surface area is 226 Å². The number of methoxy groups -OCH3 is 1. The summed E-state index contributed by atoms with van der Waals surface area (Å²) in [5, 5.41) is 0. The molecule has 2 aromatic rings. The minimum absolute atomic E-state index is 0.0351. The number of ether oxygens (including phenoxy) is 4. The molecule has 2 aliphatic heterocycles. The molecule has 2 aromatic carbocycles. The Kier molecular flexibility index (Phi) is 8.32. The van der Waals surface area contributed by atoms with Gasteiger partial charge in [0.1, 0.15) is 18.3 Å². The predicted octanol–water partition coefficient (Wildman–Crippen LogP) is 3.58. The number of hydrogen-bond donors (Lipinski definition) is 0. The van der Waals surface area contributed by atoms with Crippen LogP contribution in [0, 0.1) is 0 Å². The summed E-state index contributed by atoms with van der Waals surface area (Å²) in [5.74, 6) is -1.13. The summed E-state index contributed by atoms with van der Waals surface area (Å²) in [6, 6.07) is 11.9. The number of hydrogen-bond acceptors (Lipinski definition) is 10. The Hall–Kier alpha value is -0.940. The highest BCUT2D eigenvalue weighted by molar-refractivity contribution is 9.10. The van der Waals surface area contributed by atoms with Crippen molar-refractivity contribution in [2.24, 2.45) is 0 Å². The first-order chi connectivity index (χ1) is 16.8. The van der Waals surface area contributed by atoms with Crippen molar-refractivity contribution < 1.29 is 44.1 Å². The Bertz CT molecular complexity index is 1280. The molecule has 14 heteroatoms. The lowest BCUT2D eigenvalue weighted by atomic mass is 9.99. The lowest BCUT2D eigenvalue weighted by molar-refractivity contribution is -0.266. The molecule has 36 heavy (non-hydrogen) atoms. The van der Waals surface area contributed by atoms with E-state index in [2.05, 4.69) is 31.9 Å². The highest BCUT2D eigenvalue weighted by Gasteiger charge is 2.57. The zero-order chi connectivity index (χ0) is 26.3. The first kappa shape index (κ1) is 28.1. The minimum atomic E-state index is -4.24. The minimum Gasteiger partial charge on any atom is -0.353 e. The van der Waals surface area contributed by atoms with Crippen molar-refractivity contribution in [3.63, 3.8) is 0 Å². The van der Waals surface area contributed by atoms with Crippen LogP contribution >= 0.6 is 31.9 Å². The van der Waals surface area contributed by atoms with E-state index in [1.807, 2.05) is 0 Å². The second-order valence-corrected chi connectivity index (χ2v) is 13.5. The molecule has 2 aliphatic rings. The van der Waals surface area contributed by atoms with E-state index in [0.717, 1.165) is 0 Å². The quantitative estimate of drug-likeness (QED) is 0.385. The van der Waals surface area contributed by atoms with Crippen molar-refractivity contribution >= 4 is 52.1 Å². The van der Waals surface area contributed by atoms with Crippen molar-refractivity contribution in [2.75, 3.05) is 13.7 Å². The van der Waals surface area contributed by atoms with E-state index < -0.39 is 63.3 Å². The summed E-state index contributed by atoms with van der Waals surface area (Å²) < 4.78 is 86.7. The smallest absolute Gasteiger partial charge is 0.297 e. The molecule has 0 N–H and O–H groups in total. The van der Waals surface area contributed by atoms with E-state index in [4.69, 9.17) is 27.3 Å². The van der Waals surface area contributed by atoms with Crippen LogP contribution in [0.4, 0.5) is 0 Å². The number of rotatable bonds is 8. The molecule has 0 amide bonds. The van der Waals surface area contributed by atoms with Crippen LogP contribution in [-0.2, 0) is 47.5 Å². The average molecular weight is 672 g/mol. The molecule has 10 nitrogen and oxygen atoms in total. The summed E-state index contributed by atoms with van der Waals surface area (Å²) in [4.78, 5) is -0.103. The van der Waals surface area contributed by atoms with Gasteiger partial charge in [0.2, 0.25) is 0 Å². The van der Waals surface area contributed by atoms with E-state index in [-0.39, 0.29) is 9.79 Å². The van der Waals surface area contributed by atoms with Gasteiger partial charge in [0, 0.05) is 16.1 Å².